The molecule has 0 saturated carbocycles. The highest BCUT2D eigenvalue weighted by Gasteiger charge is 2.17. The maximum atomic E-state index is 3.61. The van der Waals surface area contributed by atoms with Gasteiger partial charge in [0.05, 0.1) is 0 Å². The zero-order chi connectivity index (χ0) is 9.73. The number of hydrogen-bond donors (Lipinski definition) is 1. The fourth-order valence-electron chi connectivity index (χ4n) is 1.43. The molecule has 1 nitrogen and oxygen atoms in total. The van der Waals surface area contributed by atoms with Gasteiger partial charge >= 0.3 is 0 Å². The molecule has 0 amide bonds. The number of thioether (sulfide) groups is 1. The Balaban J connectivity index is 2.25. The van der Waals surface area contributed by atoms with Crippen LogP contribution in [0.4, 0.5) is 0 Å². The molecule has 1 unspecified atom stereocenters. The van der Waals surface area contributed by atoms with Crippen molar-refractivity contribution in [3.63, 3.8) is 0 Å². The molecule has 0 aliphatic heterocycles. The van der Waals surface area contributed by atoms with Crippen LogP contribution in [-0.2, 0) is 0 Å². The van der Waals surface area contributed by atoms with Gasteiger partial charge in [-0.3, -0.25) is 0 Å². The van der Waals surface area contributed by atoms with Crippen LogP contribution in [0.3, 0.4) is 0 Å². The first-order valence-corrected chi connectivity index (χ1v) is 6.32. The average molecular weight is 199 g/mol. The summed E-state index contributed by atoms with van der Waals surface area (Å²) in [6.07, 6.45) is 10.7. The zero-order valence-electron chi connectivity index (χ0n) is 8.97. The second kappa shape index (κ2) is 5.06. The fraction of sp³-hybridized carbons (Fsp3) is 0.818. The van der Waals surface area contributed by atoms with Crippen molar-refractivity contribution in [1.82, 2.24) is 5.32 Å². The Morgan fingerprint density at radius 2 is 2.31 bits per heavy atom. The molecule has 1 rings (SSSR count). The van der Waals surface area contributed by atoms with Crippen LogP contribution in [0.15, 0.2) is 12.2 Å². The first kappa shape index (κ1) is 11.1. The Bertz CT molecular complexity index is 175. The van der Waals surface area contributed by atoms with Gasteiger partial charge in [-0.05, 0) is 39.4 Å². The Morgan fingerprint density at radius 3 is 2.85 bits per heavy atom. The van der Waals surface area contributed by atoms with Gasteiger partial charge < -0.3 is 5.32 Å². The number of nitrogens with one attached hydrogen (secondary N) is 1. The summed E-state index contributed by atoms with van der Waals surface area (Å²) >= 11 is 1.93. The molecule has 0 bridgehead atoms. The van der Waals surface area contributed by atoms with Crippen LogP contribution in [0, 0.1) is 0 Å². The fourth-order valence-corrected chi connectivity index (χ4v) is 1.66. The van der Waals surface area contributed by atoms with Crippen LogP contribution in [0.25, 0.3) is 0 Å². The number of rotatable bonds is 4. The van der Waals surface area contributed by atoms with E-state index in [-0.39, 0.29) is 0 Å². The molecule has 2 heteroatoms. The first-order valence-electron chi connectivity index (χ1n) is 5.09. The Hall–Kier alpha value is 0.0500. The van der Waals surface area contributed by atoms with Crippen LogP contribution in [0.5, 0.6) is 0 Å². The largest absolute Gasteiger partial charge is 0.309 e. The van der Waals surface area contributed by atoms with Gasteiger partial charge in [-0.1, -0.05) is 12.2 Å². The first-order chi connectivity index (χ1) is 6.14. The molecule has 1 atom stereocenters. The highest BCUT2D eigenvalue weighted by molar-refractivity contribution is 7.99. The number of hydrogen-bond acceptors (Lipinski definition) is 2. The lowest BCUT2D eigenvalue weighted by atomic mass is 10.0. The minimum absolute atomic E-state index is 0.366. The molecule has 1 aliphatic rings. The van der Waals surface area contributed by atoms with E-state index < -0.39 is 0 Å². The molecule has 0 saturated heterocycles. The van der Waals surface area contributed by atoms with E-state index in [1.54, 1.807) is 0 Å². The van der Waals surface area contributed by atoms with E-state index in [4.69, 9.17) is 0 Å². The normalized spacial score (nSPS) is 23.5. The Kier molecular flexibility index (Phi) is 4.33. The van der Waals surface area contributed by atoms with Crippen molar-refractivity contribution < 1.29 is 0 Å². The smallest absolute Gasteiger partial charge is 0.0250 e. The minimum atomic E-state index is 0.366. The van der Waals surface area contributed by atoms with E-state index in [2.05, 4.69) is 37.6 Å². The van der Waals surface area contributed by atoms with Gasteiger partial charge in [0.15, 0.2) is 0 Å². The third kappa shape index (κ3) is 4.19. The van der Waals surface area contributed by atoms with E-state index in [9.17, 15) is 0 Å². The highest BCUT2D eigenvalue weighted by Crippen LogP contribution is 2.20. The molecule has 0 aromatic carbocycles. The van der Waals surface area contributed by atoms with Crippen LogP contribution in [-0.4, -0.2) is 23.6 Å². The summed E-state index contributed by atoms with van der Waals surface area (Å²) in [6, 6.07) is 0.625. The molecule has 0 fully saturated rings. The zero-order valence-corrected chi connectivity index (χ0v) is 9.79. The minimum Gasteiger partial charge on any atom is -0.309 e. The maximum absolute atomic E-state index is 3.61. The molecular formula is C11H21NS. The number of allylic oxidation sites excluding steroid dienone is 1. The highest BCUT2D eigenvalue weighted by atomic mass is 32.2. The van der Waals surface area contributed by atoms with Crippen molar-refractivity contribution in [2.75, 3.05) is 12.8 Å². The van der Waals surface area contributed by atoms with Gasteiger partial charge in [0.2, 0.25) is 0 Å². The molecule has 0 aromatic heterocycles. The molecule has 0 heterocycles. The summed E-state index contributed by atoms with van der Waals surface area (Å²) in [6.45, 7) is 5.68. The van der Waals surface area contributed by atoms with Crippen LogP contribution >= 0.6 is 11.8 Å². The lowest BCUT2D eigenvalue weighted by Gasteiger charge is -2.26. The second-order valence-electron chi connectivity index (χ2n) is 4.31. The summed E-state index contributed by atoms with van der Waals surface area (Å²) in [5.74, 6) is 0. The molecular weight excluding hydrogens is 178 g/mol. The molecule has 0 spiro atoms. The standard InChI is InChI=1S/C11H21NS/c1-11(2,13-3)9-12-10-7-5-4-6-8-10/h5,7,10,12H,4,6,8-9H2,1-3H3. The third-order valence-electron chi connectivity index (χ3n) is 2.60. The lowest BCUT2D eigenvalue weighted by Crippen LogP contribution is -2.38. The molecule has 0 radical (unpaired) electrons. The lowest BCUT2D eigenvalue weighted by molar-refractivity contribution is 0.492. The van der Waals surface area contributed by atoms with Crippen molar-refractivity contribution in [2.24, 2.45) is 0 Å². The molecule has 0 aromatic rings. The third-order valence-corrected chi connectivity index (χ3v) is 3.85. The van der Waals surface area contributed by atoms with E-state index in [1.807, 2.05) is 11.8 Å². The van der Waals surface area contributed by atoms with Crippen LogP contribution in [0.2, 0.25) is 0 Å². The van der Waals surface area contributed by atoms with Gasteiger partial charge in [0.1, 0.15) is 0 Å². The summed E-state index contributed by atoms with van der Waals surface area (Å²) in [7, 11) is 0. The second-order valence-corrected chi connectivity index (χ2v) is 5.82. The molecule has 13 heavy (non-hydrogen) atoms. The topological polar surface area (TPSA) is 12.0 Å². The van der Waals surface area contributed by atoms with Crippen molar-refractivity contribution in [3.8, 4) is 0 Å². The summed E-state index contributed by atoms with van der Waals surface area (Å²) < 4.78 is 0.366. The van der Waals surface area contributed by atoms with Gasteiger partial charge in [-0.2, -0.15) is 11.8 Å². The predicted molar refractivity (Wildman–Crippen MR) is 62.4 cm³/mol. The predicted octanol–water partition coefficient (Wildman–Crippen LogP) is 2.83. The van der Waals surface area contributed by atoms with E-state index in [1.165, 1.54) is 19.3 Å². The molecule has 1 N–H and O–H groups in total. The van der Waals surface area contributed by atoms with Crippen molar-refractivity contribution in [2.45, 2.75) is 43.9 Å². The van der Waals surface area contributed by atoms with Crippen LogP contribution < -0.4 is 5.32 Å². The summed E-state index contributed by atoms with van der Waals surface area (Å²) in [4.78, 5) is 0. The van der Waals surface area contributed by atoms with Crippen LogP contribution in [0.1, 0.15) is 33.1 Å². The van der Waals surface area contributed by atoms with Crippen molar-refractivity contribution in [3.05, 3.63) is 12.2 Å². The van der Waals surface area contributed by atoms with E-state index in [0.29, 0.717) is 10.8 Å². The monoisotopic (exact) mass is 199 g/mol. The SMILES string of the molecule is CSC(C)(C)CNC1C=CCCC1. The van der Waals surface area contributed by atoms with E-state index in [0.717, 1.165) is 6.54 Å². The molecule has 1 aliphatic carbocycles. The van der Waals surface area contributed by atoms with Gasteiger partial charge in [-0.15, -0.1) is 0 Å². The van der Waals surface area contributed by atoms with E-state index >= 15 is 0 Å². The quantitative estimate of drug-likeness (QED) is 0.699. The Labute approximate surface area is 86.4 Å². The average Bonchev–Trinajstić information content (AvgIpc) is 2.17. The van der Waals surface area contributed by atoms with Crippen molar-refractivity contribution in [1.29, 1.82) is 0 Å². The van der Waals surface area contributed by atoms with Crippen molar-refractivity contribution >= 4 is 11.8 Å². The molecule has 76 valence electrons. The Morgan fingerprint density at radius 1 is 1.54 bits per heavy atom. The van der Waals surface area contributed by atoms with Gasteiger partial charge in [0.25, 0.3) is 0 Å². The summed E-state index contributed by atoms with van der Waals surface area (Å²) in [5, 5.41) is 3.61. The van der Waals surface area contributed by atoms with Gasteiger partial charge in [-0.25, -0.2) is 0 Å². The van der Waals surface area contributed by atoms with Gasteiger partial charge in [0, 0.05) is 17.3 Å². The maximum Gasteiger partial charge on any atom is 0.0250 e. The summed E-state index contributed by atoms with van der Waals surface area (Å²) in [5.41, 5.74) is 0.